The predicted molar refractivity (Wildman–Crippen MR) is 80.3 cm³/mol. The Balaban J connectivity index is 2.39. The molecule has 4 heteroatoms. The normalized spacial score (nSPS) is 11.7. The molecule has 110 valence electrons. The number of hydrogen-bond acceptors (Lipinski definition) is 4. The Kier molecular flexibility index (Phi) is 7.13. The van der Waals surface area contributed by atoms with Gasteiger partial charge in [0.05, 0.1) is 13.1 Å². The van der Waals surface area contributed by atoms with Gasteiger partial charge in [0.1, 0.15) is 11.5 Å². The summed E-state index contributed by atoms with van der Waals surface area (Å²) in [5.74, 6) is 2.14. The molecule has 1 heterocycles. The van der Waals surface area contributed by atoms with Gasteiger partial charge in [-0.2, -0.15) is 0 Å². The first-order chi connectivity index (χ1) is 9.02. The molecule has 1 aromatic rings. The fourth-order valence-corrected chi connectivity index (χ4v) is 2.08. The summed E-state index contributed by atoms with van der Waals surface area (Å²) >= 11 is 0. The van der Waals surface area contributed by atoms with Crippen LogP contribution < -0.4 is 5.32 Å². The maximum atomic E-state index is 5.90. The lowest BCUT2D eigenvalue weighted by atomic mass is 10.2. The molecule has 0 spiro atoms. The zero-order chi connectivity index (χ0) is 14.3. The summed E-state index contributed by atoms with van der Waals surface area (Å²) in [7, 11) is 6.38. The third-order valence-electron chi connectivity index (χ3n) is 3.18. The van der Waals surface area contributed by atoms with Gasteiger partial charge < -0.3 is 14.6 Å². The maximum absolute atomic E-state index is 5.90. The summed E-state index contributed by atoms with van der Waals surface area (Å²) in [6, 6.07) is 2.16. The Labute approximate surface area is 117 Å². The monoisotopic (exact) mass is 267 g/mol. The van der Waals surface area contributed by atoms with Gasteiger partial charge in [-0.3, -0.25) is 4.90 Å². The number of nitrogens with zero attached hydrogens (tertiary/aromatic N) is 2. The number of nitrogens with one attached hydrogen (secondary N) is 1. The fraction of sp³-hybridized carbons (Fsp3) is 0.733. The van der Waals surface area contributed by atoms with Crippen molar-refractivity contribution in [1.29, 1.82) is 0 Å². The highest BCUT2D eigenvalue weighted by molar-refractivity contribution is 5.19. The molecule has 0 aliphatic carbocycles. The van der Waals surface area contributed by atoms with E-state index < -0.39 is 0 Å². The van der Waals surface area contributed by atoms with Crippen LogP contribution in [0.3, 0.4) is 0 Å². The van der Waals surface area contributed by atoms with E-state index >= 15 is 0 Å². The topological polar surface area (TPSA) is 31.7 Å². The van der Waals surface area contributed by atoms with E-state index in [1.54, 1.807) is 0 Å². The highest BCUT2D eigenvalue weighted by Crippen LogP contribution is 2.16. The quantitative estimate of drug-likeness (QED) is 0.742. The summed E-state index contributed by atoms with van der Waals surface area (Å²) < 4.78 is 5.90. The van der Waals surface area contributed by atoms with Crippen molar-refractivity contribution >= 4 is 0 Å². The lowest BCUT2D eigenvalue weighted by Gasteiger charge is -2.16. The van der Waals surface area contributed by atoms with E-state index in [0.717, 1.165) is 44.2 Å². The highest BCUT2D eigenvalue weighted by atomic mass is 16.3. The van der Waals surface area contributed by atoms with E-state index in [1.807, 2.05) is 0 Å². The fourth-order valence-electron chi connectivity index (χ4n) is 2.08. The van der Waals surface area contributed by atoms with Crippen LogP contribution in [-0.4, -0.2) is 50.6 Å². The Hall–Kier alpha value is -0.840. The molecule has 0 aliphatic heterocycles. The number of furan rings is 1. The summed E-state index contributed by atoms with van der Waals surface area (Å²) in [6.07, 6.45) is 1.19. The molecule has 0 unspecified atom stereocenters. The van der Waals surface area contributed by atoms with Crippen molar-refractivity contribution in [3.8, 4) is 0 Å². The average Bonchev–Trinajstić information content (AvgIpc) is 2.66. The molecule has 0 bridgehead atoms. The van der Waals surface area contributed by atoms with E-state index in [9.17, 15) is 0 Å². The largest absolute Gasteiger partial charge is 0.463 e. The third-order valence-corrected chi connectivity index (χ3v) is 3.18. The summed E-state index contributed by atoms with van der Waals surface area (Å²) in [6.45, 7) is 9.14. The van der Waals surface area contributed by atoms with Crippen LogP contribution in [0.5, 0.6) is 0 Å². The van der Waals surface area contributed by atoms with Gasteiger partial charge in [0.25, 0.3) is 0 Å². The van der Waals surface area contributed by atoms with Gasteiger partial charge >= 0.3 is 0 Å². The second kappa shape index (κ2) is 8.35. The molecule has 0 saturated heterocycles. The molecule has 1 rings (SSSR count). The Bertz CT molecular complexity index is 360. The number of hydrogen-bond donors (Lipinski definition) is 1. The molecule has 0 aliphatic rings. The standard InChI is InChI=1S/C15H29N3O/c1-6-16-11-15-13(2)10-14(19-15)12-18(5)9-7-8-17(3)4/h10,16H,6-9,11-12H2,1-5H3. The second-order valence-corrected chi connectivity index (χ2v) is 5.49. The van der Waals surface area contributed by atoms with Gasteiger partial charge in [-0.1, -0.05) is 6.92 Å². The minimum Gasteiger partial charge on any atom is -0.463 e. The summed E-state index contributed by atoms with van der Waals surface area (Å²) in [5, 5.41) is 3.31. The van der Waals surface area contributed by atoms with Crippen LogP contribution in [0.25, 0.3) is 0 Å². The Morgan fingerprint density at radius 3 is 2.58 bits per heavy atom. The zero-order valence-electron chi connectivity index (χ0n) is 13.1. The minimum atomic E-state index is 0.826. The van der Waals surface area contributed by atoms with Gasteiger partial charge in [-0.15, -0.1) is 0 Å². The van der Waals surface area contributed by atoms with E-state index in [0.29, 0.717) is 0 Å². The van der Waals surface area contributed by atoms with Crippen LogP contribution in [0, 0.1) is 6.92 Å². The molecule has 19 heavy (non-hydrogen) atoms. The van der Waals surface area contributed by atoms with Gasteiger partial charge in [0.2, 0.25) is 0 Å². The van der Waals surface area contributed by atoms with Gasteiger partial charge in [0, 0.05) is 0 Å². The molecular weight excluding hydrogens is 238 g/mol. The second-order valence-electron chi connectivity index (χ2n) is 5.49. The molecule has 0 saturated carbocycles. The van der Waals surface area contributed by atoms with Crippen LogP contribution in [0.4, 0.5) is 0 Å². The molecule has 0 amide bonds. The van der Waals surface area contributed by atoms with Crippen molar-refractivity contribution in [2.75, 3.05) is 40.8 Å². The molecule has 4 nitrogen and oxygen atoms in total. The summed E-state index contributed by atoms with van der Waals surface area (Å²) in [5.41, 5.74) is 1.25. The minimum absolute atomic E-state index is 0.826. The summed E-state index contributed by atoms with van der Waals surface area (Å²) in [4.78, 5) is 4.54. The van der Waals surface area contributed by atoms with Crippen molar-refractivity contribution < 1.29 is 4.42 Å². The smallest absolute Gasteiger partial charge is 0.120 e. The Morgan fingerprint density at radius 2 is 1.95 bits per heavy atom. The van der Waals surface area contributed by atoms with Crippen molar-refractivity contribution in [1.82, 2.24) is 15.1 Å². The van der Waals surface area contributed by atoms with E-state index in [-0.39, 0.29) is 0 Å². The van der Waals surface area contributed by atoms with Crippen LogP contribution in [-0.2, 0) is 13.1 Å². The molecular formula is C15H29N3O. The van der Waals surface area contributed by atoms with Crippen LogP contribution in [0.15, 0.2) is 10.5 Å². The molecule has 1 N–H and O–H groups in total. The first-order valence-corrected chi connectivity index (χ1v) is 7.15. The van der Waals surface area contributed by atoms with E-state index in [4.69, 9.17) is 4.42 Å². The van der Waals surface area contributed by atoms with Crippen LogP contribution in [0.1, 0.15) is 30.4 Å². The van der Waals surface area contributed by atoms with Crippen LogP contribution >= 0.6 is 0 Å². The average molecular weight is 267 g/mol. The number of rotatable bonds is 9. The van der Waals surface area contributed by atoms with E-state index in [2.05, 4.69) is 56.2 Å². The maximum Gasteiger partial charge on any atom is 0.120 e. The van der Waals surface area contributed by atoms with Crippen molar-refractivity contribution in [3.63, 3.8) is 0 Å². The van der Waals surface area contributed by atoms with Gasteiger partial charge in [0.15, 0.2) is 0 Å². The highest BCUT2D eigenvalue weighted by Gasteiger charge is 2.09. The molecule has 0 atom stereocenters. The first kappa shape index (κ1) is 16.2. The SMILES string of the molecule is CCNCc1oc(CN(C)CCCN(C)C)cc1C. The molecule has 0 radical (unpaired) electrons. The molecule has 0 aromatic carbocycles. The first-order valence-electron chi connectivity index (χ1n) is 7.15. The Morgan fingerprint density at radius 1 is 1.21 bits per heavy atom. The number of aryl methyl sites for hydroxylation is 1. The van der Waals surface area contributed by atoms with Crippen molar-refractivity contribution in [2.24, 2.45) is 0 Å². The zero-order valence-corrected chi connectivity index (χ0v) is 13.1. The van der Waals surface area contributed by atoms with E-state index in [1.165, 1.54) is 12.0 Å². The van der Waals surface area contributed by atoms with Gasteiger partial charge in [-0.05, 0) is 65.8 Å². The van der Waals surface area contributed by atoms with Crippen molar-refractivity contribution in [3.05, 3.63) is 23.2 Å². The third kappa shape index (κ3) is 6.23. The molecule has 1 aromatic heterocycles. The lowest BCUT2D eigenvalue weighted by Crippen LogP contribution is -2.23. The van der Waals surface area contributed by atoms with Crippen molar-refractivity contribution in [2.45, 2.75) is 33.4 Å². The predicted octanol–water partition coefficient (Wildman–Crippen LogP) is 2.08. The van der Waals surface area contributed by atoms with Gasteiger partial charge in [-0.25, -0.2) is 0 Å². The van der Waals surface area contributed by atoms with Crippen LogP contribution in [0.2, 0.25) is 0 Å². The molecule has 0 fully saturated rings. The lowest BCUT2D eigenvalue weighted by molar-refractivity contribution is 0.270.